The number of esters is 1. The quantitative estimate of drug-likeness (QED) is 0.265. The van der Waals surface area contributed by atoms with Crippen molar-refractivity contribution >= 4 is 34.3 Å². The van der Waals surface area contributed by atoms with E-state index < -0.39 is 11.6 Å². The van der Waals surface area contributed by atoms with E-state index in [2.05, 4.69) is 43.1 Å². The summed E-state index contributed by atoms with van der Waals surface area (Å²) in [5, 5.41) is 19.2. The van der Waals surface area contributed by atoms with E-state index in [1.165, 1.54) is 11.8 Å². The van der Waals surface area contributed by atoms with E-state index in [4.69, 9.17) is 10.5 Å². The number of aromatic amines is 1. The zero-order chi connectivity index (χ0) is 25.5. The van der Waals surface area contributed by atoms with Crippen molar-refractivity contribution in [2.24, 2.45) is 5.92 Å². The number of nitrogen functional groups attached to an aromatic ring is 1. The molecule has 1 atom stereocenters. The van der Waals surface area contributed by atoms with Gasteiger partial charge in [-0.15, -0.1) is 0 Å². The third-order valence-corrected chi connectivity index (χ3v) is 8.16. The van der Waals surface area contributed by atoms with Crippen molar-refractivity contribution in [1.29, 1.82) is 0 Å². The fourth-order valence-electron chi connectivity index (χ4n) is 4.58. The summed E-state index contributed by atoms with van der Waals surface area (Å²) in [6.45, 7) is 12.4. The molecule has 0 radical (unpaired) electrons. The molecule has 0 spiro atoms. The van der Waals surface area contributed by atoms with Gasteiger partial charge in [0.1, 0.15) is 16.3 Å². The fraction of sp³-hybridized carbons (Fsp3) is 0.429. The number of nitrogens with two attached hydrogens (primary N) is 1. The first-order chi connectivity index (χ1) is 16.4. The summed E-state index contributed by atoms with van der Waals surface area (Å²) >= 11 is 1.28. The number of fused-ring (bicyclic) bond motifs is 1. The zero-order valence-electron chi connectivity index (χ0n) is 21.4. The summed E-state index contributed by atoms with van der Waals surface area (Å²) in [6.07, 6.45) is 3.45. The third-order valence-electron chi connectivity index (χ3n) is 6.99. The van der Waals surface area contributed by atoms with E-state index in [1.807, 2.05) is 39.0 Å². The number of ether oxygens (including phenoxy) is 1. The molecule has 0 fully saturated rings. The highest BCUT2D eigenvalue weighted by Crippen LogP contribution is 2.45. The van der Waals surface area contributed by atoms with Gasteiger partial charge in [-0.1, -0.05) is 52.4 Å². The van der Waals surface area contributed by atoms with Crippen LogP contribution in [0.2, 0.25) is 0 Å². The molecule has 1 unspecified atom stereocenters. The summed E-state index contributed by atoms with van der Waals surface area (Å²) in [7, 11) is 0. The van der Waals surface area contributed by atoms with Gasteiger partial charge in [0.15, 0.2) is 0 Å². The van der Waals surface area contributed by atoms with Gasteiger partial charge in [0.2, 0.25) is 0 Å². The van der Waals surface area contributed by atoms with Crippen LogP contribution in [0.5, 0.6) is 0 Å². The van der Waals surface area contributed by atoms with Gasteiger partial charge in [0.05, 0.1) is 11.7 Å². The van der Waals surface area contributed by atoms with Crippen LogP contribution in [0.25, 0.3) is 10.9 Å². The minimum atomic E-state index is -0.763. The monoisotopic (exact) mass is 493 g/mol. The maximum atomic E-state index is 13.3. The van der Waals surface area contributed by atoms with Gasteiger partial charge in [0, 0.05) is 22.4 Å². The Bertz CT molecular complexity index is 1300. The molecule has 2 aromatic carbocycles. The molecule has 186 valence electrons. The second kappa shape index (κ2) is 9.26. The van der Waals surface area contributed by atoms with Crippen molar-refractivity contribution in [2.75, 3.05) is 5.73 Å². The molecular formula is C28H35N3O3S. The molecule has 4 rings (SSSR count). The van der Waals surface area contributed by atoms with Crippen LogP contribution in [0.15, 0.2) is 52.1 Å². The molecule has 6 nitrogen and oxygen atoms in total. The molecule has 1 aromatic heterocycles. The van der Waals surface area contributed by atoms with Crippen molar-refractivity contribution in [3.05, 3.63) is 63.9 Å². The zero-order valence-corrected chi connectivity index (χ0v) is 22.2. The Labute approximate surface area is 211 Å². The topological polar surface area (TPSA) is 101 Å². The molecule has 1 aliphatic rings. The number of hydrogen-bond donors (Lipinski definition) is 3. The van der Waals surface area contributed by atoms with Gasteiger partial charge in [-0.2, -0.15) is 5.10 Å². The van der Waals surface area contributed by atoms with E-state index in [1.54, 1.807) is 6.20 Å². The van der Waals surface area contributed by atoms with Gasteiger partial charge >= 0.3 is 5.97 Å². The largest absolute Gasteiger partial charge is 0.511 e. The van der Waals surface area contributed by atoms with Gasteiger partial charge < -0.3 is 15.6 Å². The van der Waals surface area contributed by atoms with Crippen molar-refractivity contribution in [3.63, 3.8) is 0 Å². The summed E-state index contributed by atoms with van der Waals surface area (Å²) in [5.41, 5.74) is 10.1. The average molecular weight is 494 g/mol. The van der Waals surface area contributed by atoms with Gasteiger partial charge in [-0.3, -0.25) is 5.10 Å². The van der Waals surface area contributed by atoms with Crippen LogP contribution in [0, 0.1) is 12.8 Å². The number of carbonyl (C=O) groups is 1. The van der Waals surface area contributed by atoms with Crippen LogP contribution in [0.1, 0.15) is 64.2 Å². The standard InChI is InChI=1S/C28H35N3O3S/c1-16(2)28(10-9-18-7-8-22-19(12-18)15-30-31-22)14-23(32)25(26(33)34-28)35-24-11-17(3)21(29)13-20(24)27(4,5)6/h7-8,11-13,15-16,32H,9-10,14,29H2,1-6H3,(H,30,31). The SMILES string of the molecule is Cc1cc(SC2=C(O)CC(CCc3ccc4[nH]ncc4c3)(C(C)C)OC2=O)c(C(C)(C)C)cc1N. The van der Waals surface area contributed by atoms with Gasteiger partial charge in [-0.25, -0.2) is 4.79 Å². The Morgan fingerprint density at radius 2 is 2.00 bits per heavy atom. The highest BCUT2D eigenvalue weighted by molar-refractivity contribution is 8.04. The van der Waals surface area contributed by atoms with Crippen molar-refractivity contribution in [2.45, 2.75) is 76.7 Å². The number of aryl methyl sites for hydroxylation is 2. The minimum absolute atomic E-state index is 0.0433. The number of anilines is 1. The number of aliphatic hydroxyl groups is 1. The van der Waals surface area contributed by atoms with E-state index >= 15 is 0 Å². The lowest BCUT2D eigenvalue weighted by atomic mass is 9.80. The van der Waals surface area contributed by atoms with Crippen LogP contribution in [-0.4, -0.2) is 26.9 Å². The first kappa shape index (κ1) is 25.2. The number of rotatable bonds is 6. The van der Waals surface area contributed by atoms with E-state index in [0.29, 0.717) is 12.8 Å². The molecular weight excluding hydrogens is 458 g/mol. The van der Waals surface area contributed by atoms with Crippen molar-refractivity contribution < 1.29 is 14.6 Å². The maximum Gasteiger partial charge on any atom is 0.349 e. The molecule has 4 N–H and O–H groups in total. The summed E-state index contributed by atoms with van der Waals surface area (Å²) in [5.74, 6) is -0.326. The third kappa shape index (κ3) is 5.06. The number of nitrogens with one attached hydrogen (secondary N) is 1. The maximum absolute atomic E-state index is 13.3. The first-order valence-corrected chi connectivity index (χ1v) is 12.9. The highest BCUT2D eigenvalue weighted by atomic mass is 32.2. The smallest absolute Gasteiger partial charge is 0.349 e. The number of carbonyl (C=O) groups excluding carboxylic acids is 1. The molecule has 35 heavy (non-hydrogen) atoms. The lowest BCUT2D eigenvalue weighted by molar-refractivity contribution is -0.164. The van der Waals surface area contributed by atoms with Crippen LogP contribution < -0.4 is 5.73 Å². The number of aromatic nitrogens is 2. The van der Waals surface area contributed by atoms with Crippen LogP contribution in [-0.2, 0) is 21.4 Å². The van der Waals surface area contributed by atoms with Crippen LogP contribution >= 0.6 is 11.8 Å². The molecule has 1 aliphatic heterocycles. The van der Waals surface area contributed by atoms with Crippen molar-refractivity contribution in [1.82, 2.24) is 10.2 Å². The summed E-state index contributed by atoms with van der Waals surface area (Å²) < 4.78 is 6.14. The molecule has 3 aromatic rings. The normalized spacial score (nSPS) is 19.0. The number of aliphatic hydroxyl groups excluding tert-OH is 1. The van der Waals surface area contributed by atoms with Gasteiger partial charge in [-0.05, 0) is 72.1 Å². The number of nitrogens with zero attached hydrogens (tertiary/aromatic N) is 1. The van der Waals surface area contributed by atoms with E-state index in [9.17, 15) is 9.90 Å². The molecule has 0 saturated heterocycles. The molecule has 7 heteroatoms. The summed E-state index contributed by atoms with van der Waals surface area (Å²) in [6, 6.07) is 10.1. The van der Waals surface area contributed by atoms with Crippen molar-refractivity contribution in [3.8, 4) is 0 Å². The molecule has 0 bridgehead atoms. The highest BCUT2D eigenvalue weighted by Gasteiger charge is 2.44. The fourth-order valence-corrected chi connectivity index (χ4v) is 5.83. The molecule has 2 heterocycles. The Hall–Kier alpha value is -2.93. The predicted molar refractivity (Wildman–Crippen MR) is 142 cm³/mol. The minimum Gasteiger partial charge on any atom is -0.511 e. The number of cyclic esters (lactones) is 1. The first-order valence-electron chi connectivity index (χ1n) is 12.1. The molecule has 0 aliphatic carbocycles. The van der Waals surface area contributed by atoms with Crippen LogP contribution in [0.3, 0.4) is 0 Å². The Morgan fingerprint density at radius 3 is 2.66 bits per heavy atom. The van der Waals surface area contributed by atoms with E-state index in [0.717, 1.165) is 44.6 Å². The lowest BCUT2D eigenvalue weighted by Gasteiger charge is -2.40. The van der Waals surface area contributed by atoms with E-state index in [-0.39, 0.29) is 22.0 Å². The predicted octanol–water partition coefficient (Wildman–Crippen LogP) is 6.59. The second-order valence-corrected chi connectivity index (χ2v) is 12.0. The Morgan fingerprint density at radius 1 is 1.26 bits per heavy atom. The average Bonchev–Trinajstić information content (AvgIpc) is 3.24. The molecule has 0 amide bonds. The Kier molecular flexibility index (Phi) is 6.66. The number of benzene rings is 2. The second-order valence-electron chi connectivity index (χ2n) is 10.9. The number of hydrogen-bond acceptors (Lipinski definition) is 6. The lowest BCUT2D eigenvalue weighted by Crippen LogP contribution is -2.44. The van der Waals surface area contributed by atoms with Crippen LogP contribution in [0.4, 0.5) is 5.69 Å². The number of H-pyrrole nitrogens is 1. The molecule has 0 saturated carbocycles. The Balaban J connectivity index is 1.61. The number of thioether (sulfide) groups is 1. The van der Waals surface area contributed by atoms with Gasteiger partial charge in [0.25, 0.3) is 0 Å². The summed E-state index contributed by atoms with van der Waals surface area (Å²) in [4.78, 5) is 14.5.